The van der Waals surface area contributed by atoms with Crippen molar-refractivity contribution >= 4 is 29.3 Å². The smallest absolute Gasteiger partial charge is 0.414 e. The van der Waals surface area contributed by atoms with Crippen LogP contribution in [0.5, 0.6) is 0 Å². The highest BCUT2D eigenvalue weighted by Gasteiger charge is 2.33. The summed E-state index contributed by atoms with van der Waals surface area (Å²) < 4.78 is 25.4. The highest BCUT2D eigenvalue weighted by Crippen LogP contribution is 2.28. The lowest BCUT2D eigenvalue weighted by atomic mass is 10.2. The molecule has 2 saturated heterocycles. The Balaban J connectivity index is 1.38. The lowest BCUT2D eigenvalue weighted by molar-refractivity contribution is -0.119. The number of nitrogens with zero attached hydrogens (tertiary/aromatic N) is 3. The molecule has 0 spiro atoms. The van der Waals surface area contributed by atoms with Crippen molar-refractivity contribution in [1.82, 2.24) is 10.2 Å². The summed E-state index contributed by atoms with van der Waals surface area (Å²) in [5.74, 6) is -0.495. The largest absolute Gasteiger partial charge is 0.459 e. The van der Waals surface area contributed by atoms with Crippen LogP contribution in [0.15, 0.2) is 34.9 Å². The van der Waals surface area contributed by atoms with E-state index in [1.165, 1.54) is 24.2 Å². The number of anilines is 2. The molecule has 0 aliphatic carbocycles. The Bertz CT molecular complexity index is 1030. The van der Waals surface area contributed by atoms with Crippen molar-refractivity contribution in [3.63, 3.8) is 0 Å². The quantitative estimate of drug-likeness (QED) is 0.760. The van der Waals surface area contributed by atoms with Gasteiger partial charge in [-0.2, -0.15) is 0 Å². The minimum absolute atomic E-state index is 0.163. The molecule has 2 aliphatic rings. The number of piperazine rings is 1. The highest BCUT2D eigenvalue weighted by atomic mass is 19.1. The second-order valence-electron chi connectivity index (χ2n) is 7.90. The fraction of sp³-hybridized carbons (Fsp3) is 0.409. The minimum Gasteiger partial charge on any atom is -0.459 e. The third-order valence-corrected chi connectivity index (χ3v) is 5.66. The predicted molar refractivity (Wildman–Crippen MR) is 114 cm³/mol. The summed E-state index contributed by atoms with van der Waals surface area (Å²) in [7, 11) is 0. The number of nitrogens with one attached hydrogen (secondary N) is 1. The van der Waals surface area contributed by atoms with Gasteiger partial charge in [0.15, 0.2) is 5.76 Å². The predicted octanol–water partition coefficient (Wildman–Crippen LogP) is 2.15. The zero-order chi connectivity index (χ0) is 22.8. The van der Waals surface area contributed by atoms with E-state index in [1.54, 1.807) is 23.1 Å². The molecule has 0 saturated carbocycles. The first-order chi connectivity index (χ1) is 15.3. The minimum atomic E-state index is -0.576. The molecule has 1 atom stereocenters. The number of carbonyl (C=O) groups is 3. The number of halogens is 1. The van der Waals surface area contributed by atoms with Crippen LogP contribution < -0.4 is 15.1 Å². The Morgan fingerprint density at radius 3 is 2.56 bits per heavy atom. The summed E-state index contributed by atoms with van der Waals surface area (Å²) in [6, 6.07) is 6.36. The van der Waals surface area contributed by atoms with Crippen LogP contribution in [0.25, 0.3) is 0 Å². The molecule has 1 aromatic heterocycles. The van der Waals surface area contributed by atoms with E-state index in [2.05, 4.69) is 5.32 Å². The second kappa shape index (κ2) is 8.89. The van der Waals surface area contributed by atoms with Crippen molar-refractivity contribution in [3.05, 3.63) is 47.7 Å². The molecule has 10 heteroatoms. The lowest BCUT2D eigenvalue weighted by Gasteiger charge is -2.36. The van der Waals surface area contributed by atoms with Gasteiger partial charge in [0.2, 0.25) is 5.91 Å². The summed E-state index contributed by atoms with van der Waals surface area (Å²) >= 11 is 0. The van der Waals surface area contributed by atoms with E-state index in [1.807, 2.05) is 11.8 Å². The number of hydrogen-bond acceptors (Lipinski definition) is 6. The maximum atomic E-state index is 14.9. The molecule has 9 nitrogen and oxygen atoms in total. The van der Waals surface area contributed by atoms with Crippen molar-refractivity contribution in [1.29, 1.82) is 0 Å². The average molecular weight is 444 g/mol. The third kappa shape index (κ3) is 4.39. The molecule has 3 heterocycles. The van der Waals surface area contributed by atoms with Crippen molar-refractivity contribution in [2.45, 2.75) is 20.0 Å². The monoisotopic (exact) mass is 444 g/mol. The Hall–Kier alpha value is -3.56. The van der Waals surface area contributed by atoms with E-state index >= 15 is 0 Å². The SMILES string of the molecule is CC(=O)NC[C@H]1CN(c2ccc(N3CCN(C(=O)c4occc4C)CC3)c(F)c2)C(=O)O1. The van der Waals surface area contributed by atoms with Gasteiger partial charge in [-0.05, 0) is 31.2 Å². The lowest BCUT2D eigenvalue weighted by Crippen LogP contribution is -2.49. The summed E-state index contributed by atoms with van der Waals surface area (Å²) in [5, 5.41) is 2.61. The van der Waals surface area contributed by atoms with Gasteiger partial charge in [-0.15, -0.1) is 0 Å². The standard InChI is InChI=1S/C22H25FN4O5/c1-14-5-10-31-20(14)21(29)26-8-6-25(7-9-26)19-4-3-16(11-18(19)23)27-13-17(32-22(27)30)12-24-15(2)28/h3-5,10-11,17H,6-9,12-13H2,1-2H3,(H,24,28)/t17-/m0/s1. The molecule has 3 amide bonds. The molecule has 32 heavy (non-hydrogen) atoms. The molecule has 1 aromatic carbocycles. The Kier molecular flexibility index (Phi) is 6.02. The highest BCUT2D eigenvalue weighted by molar-refractivity contribution is 5.93. The molecule has 170 valence electrons. The first kappa shape index (κ1) is 21.7. The normalized spacial score (nSPS) is 18.7. The number of amides is 3. The van der Waals surface area contributed by atoms with Gasteiger partial charge in [0.25, 0.3) is 5.91 Å². The number of cyclic esters (lactones) is 1. The van der Waals surface area contributed by atoms with E-state index in [4.69, 9.17) is 9.15 Å². The number of rotatable bonds is 5. The molecule has 2 fully saturated rings. The zero-order valence-electron chi connectivity index (χ0n) is 18.0. The van der Waals surface area contributed by atoms with Crippen LogP contribution in [-0.4, -0.2) is 68.2 Å². The molecular weight excluding hydrogens is 419 g/mol. The van der Waals surface area contributed by atoms with Crippen molar-refractivity contribution in [2.75, 3.05) is 49.1 Å². The molecule has 2 aliphatic heterocycles. The first-order valence-electron chi connectivity index (χ1n) is 10.4. The number of carbonyl (C=O) groups excluding carboxylic acids is 3. The maximum absolute atomic E-state index is 14.9. The van der Waals surface area contributed by atoms with Crippen LogP contribution in [0, 0.1) is 12.7 Å². The number of hydrogen-bond donors (Lipinski definition) is 1. The molecule has 4 rings (SSSR count). The molecule has 0 bridgehead atoms. The third-order valence-electron chi connectivity index (χ3n) is 5.66. The van der Waals surface area contributed by atoms with Crippen LogP contribution >= 0.6 is 0 Å². The second-order valence-corrected chi connectivity index (χ2v) is 7.90. The van der Waals surface area contributed by atoms with Crippen molar-refractivity contribution in [3.8, 4) is 0 Å². The zero-order valence-corrected chi connectivity index (χ0v) is 18.0. The fourth-order valence-electron chi connectivity index (χ4n) is 3.90. The van der Waals surface area contributed by atoms with E-state index in [-0.39, 0.29) is 24.9 Å². The summed E-state index contributed by atoms with van der Waals surface area (Å²) in [5.41, 5.74) is 1.60. The first-order valence-corrected chi connectivity index (χ1v) is 10.4. The van der Waals surface area contributed by atoms with Gasteiger partial charge in [0.05, 0.1) is 30.7 Å². The van der Waals surface area contributed by atoms with Crippen LogP contribution in [0.1, 0.15) is 23.0 Å². The summed E-state index contributed by atoms with van der Waals surface area (Å²) in [6.45, 7) is 5.49. The molecule has 0 unspecified atom stereocenters. The number of benzene rings is 1. The molecular formula is C22H25FN4O5. The topological polar surface area (TPSA) is 95.3 Å². The summed E-state index contributed by atoms with van der Waals surface area (Å²) in [6.07, 6.45) is 0.430. The molecule has 1 N–H and O–H groups in total. The Morgan fingerprint density at radius 1 is 1.19 bits per heavy atom. The average Bonchev–Trinajstić information content (AvgIpc) is 3.37. The van der Waals surface area contributed by atoms with Crippen molar-refractivity contribution < 1.29 is 27.9 Å². The Morgan fingerprint density at radius 2 is 1.94 bits per heavy atom. The van der Waals surface area contributed by atoms with E-state index in [9.17, 15) is 18.8 Å². The van der Waals surface area contributed by atoms with Crippen LogP contribution in [-0.2, 0) is 9.53 Å². The maximum Gasteiger partial charge on any atom is 0.414 e. The van der Waals surface area contributed by atoms with Gasteiger partial charge in [0.1, 0.15) is 11.9 Å². The van der Waals surface area contributed by atoms with Crippen LogP contribution in [0.4, 0.5) is 20.6 Å². The van der Waals surface area contributed by atoms with Crippen LogP contribution in [0.3, 0.4) is 0 Å². The molecule has 2 aromatic rings. The van der Waals surface area contributed by atoms with E-state index < -0.39 is 18.0 Å². The Labute approximate surface area is 184 Å². The molecule has 0 radical (unpaired) electrons. The number of aryl methyl sites for hydroxylation is 1. The summed E-state index contributed by atoms with van der Waals surface area (Å²) in [4.78, 5) is 40.7. The van der Waals surface area contributed by atoms with Gasteiger partial charge in [0, 0.05) is 38.7 Å². The van der Waals surface area contributed by atoms with E-state index in [0.717, 1.165) is 5.56 Å². The van der Waals surface area contributed by atoms with Gasteiger partial charge in [-0.25, -0.2) is 9.18 Å². The van der Waals surface area contributed by atoms with Gasteiger partial charge in [-0.1, -0.05) is 0 Å². The van der Waals surface area contributed by atoms with Crippen molar-refractivity contribution in [2.24, 2.45) is 0 Å². The number of furan rings is 1. The van der Waals surface area contributed by atoms with Gasteiger partial charge in [-0.3, -0.25) is 14.5 Å². The van der Waals surface area contributed by atoms with Gasteiger partial charge >= 0.3 is 6.09 Å². The number of ether oxygens (including phenoxy) is 1. The van der Waals surface area contributed by atoms with E-state index in [0.29, 0.717) is 43.3 Å². The van der Waals surface area contributed by atoms with Crippen LogP contribution in [0.2, 0.25) is 0 Å². The fourth-order valence-corrected chi connectivity index (χ4v) is 3.90. The van der Waals surface area contributed by atoms with Gasteiger partial charge < -0.3 is 24.3 Å².